The summed E-state index contributed by atoms with van der Waals surface area (Å²) in [5.41, 5.74) is 3.48. The summed E-state index contributed by atoms with van der Waals surface area (Å²) in [4.78, 5) is 12.4. The topological polar surface area (TPSA) is 26.3 Å². The van der Waals surface area contributed by atoms with Gasteiger partial charge in [0.25, 0.3) is 0 Å². The summed E-state index contributed by atoms with van der Waals surface area (Å²) in [7, 11) is 0. The fourth-order valence-electron chi connectivity index (χ4n) is 2.47. The van der Waals surface area contributed by atoms with Gasteiger partial charge in [0.05, 0.1) is 6.61 Å². The third kappa shape index (κ3) is 3.48. The number of Topliss-reactive ketones (excluding diaryl/α,β-unsaturated/α-hetero) is 1. The second-order valence-electron chi connectivity index (χ2n) is 5.22. The molecule has 0 aliphatic carbocycles. The third-order valence-corrected chi connectivity index (χ3v) is 4.69. The molecule has 21 heavy (non-hydrogen) atoms. The van der Waals surface area contributed by atoms with Crippen molar-refractivity contribution in [2.24, 2.45) is 0 Å². The van der Waals surface area contributed by atoms with Crippen LogP contribution in [0.1, 0.15) is 28.4 Å². The second kappa shape index (κ2) is 6.35. The van der Waals surface area contributed by atoms with Crippen molar-refractivity contribution in [3.05, 3.63) is 59.2 Å². The normalized spacial score (nSPS) is 12.8. The van der Waals surface area contributed by atoms with Crippen molar-refractivity contribution in [1.29, 1.82) is 0 Å². The maximum absolute atomic E-state index is 11.2. The zero-order chi connectivity index (χ0) is 14.7. The van der Waals surface area contributed by atoms with Gasteiger partial charge < -0.3 is 4.74 Å². The van der Waals surface area contributed by atoms with Crippen LogP contribution in [0.2, 0.25) is 0 Å². The molecule has 3 rings (SSSR count). The first-order chi connectivity index (χ1) is 10.2. The number of rotatable bonds is 5. The molecule has 0 aromatic heterocycles. The predicted molar refractivity (Wildman–Crippen MR) is 86.5 cm³/mol. The Hall–Kier alpha value is -1.74. The number of aryl methyl sites for hydroxylation is 1. The summed E-state index contributed by atoms with van der Waals surface area (Å²) in [6, 6.07) is 14.4. The number of benzene rings is 2. The van der Waals surface area contributed by atoms with Crippen molar-refractivity contribution >= 4 is 17.5 Å². The minimum atomic E-state index is 0.118. The summed E-state index contributed by atoms with van der Waals surface area (Å²) in [5.74, 6) is 2.21. The van der Waals surface area contributed by atoms with Gasteiger partial charge in [-0.25, -0.2) is 0 Å². The van der Waals surface area contributed by atoms with E-state index in [1.807, 2.05) is 36.0 Å². The number of hydrogen-bond donors (Lipinski definition) is 0. The molecule has 3 heteroatoms. The number of ether oxygens (including phenoxy) is 1. The molecule has 2 aromatic rings. The van der Waals surface area contributed by atoms with Gasteiger partial charge in [0.2, 0.25) is 0 Å². The van der Waals surface area contributed by atoms with Crippen molar-refractivity contribution in [2.75, 3.05) is 12.4 Å². The highest BCUT2D eigenvalue weighted by atomic mass is 32.2. The highest BCUT2D eigenvalue weighted by Crippen LogP contribution is 2.27. The Morgan fingerprint density at radius 3 is 2.76 bits per heavy atom. The number of carbonyl (C=O) groups excluding carboxylic acids is 1. The lowest BCUT2D eigenvalue weighted by Gasteiger charge is -2.05. The molecule has 0 atom stereocenters. The zero-order valence-corrected chi connectivity index (χ0v) is 12.9. The summed E-state index contributed by atoms with van der Waals surface area (Å²) in [6.07, 6.45) is 2.08. The number of hydrogen-bond acceptors (Lipinski definition) is 3. The van der Waals surface area contributed by atoms with E-state index in [2.05, 4.69) is 18.2 Å². The first-order valence-corrected chi connectivity index (χ1v) is 8.19. The van der Waals surface area contributed by atoms with Crippen LogP contribution in [0.25, 0.3) is 0 Å². The minimum absolute atomic E-state index is 0.118. The molecular formula is C18H18O2S. The van der Waals surface area contributed by atoms with E-state index in [-0.39, 0.29) is 5.78 Å². The first-order valence-electron chi connectivity index (χ1n) is 7.21. The third-order valence-electron chi connectivity index (χ3n) is 3.67. The summed E-state index contributed by atoms with van der Waals surface area (Å²) in [5, 5.41) is 0. The highest BCUT2D eigenvalue weighted by molar-refractivity contribution is 7.99. The van der Waals surface area contributed by atoms with Crippen molar-refractivity contribution in [2.45, 2.75) is 24.7 Å². The molecule has 1 heterocycles. The molecule has 0 N–H and O–H groups in total. The van der Waals surface area contributed by atoms with Crippen molar-refractivity contribution in [3.8, 4) is 5.75 Å². The van der Waals surface area contributed by atoms with Crippen molar-refractivity contribution < 1.29 is 9.53 Å². The average Bonchev–Trinajstić information content (AvgIpc) is 2.95. The van der Waals surface area contributed by atoms with Crippen LogP contribution in [-0.4, -0.2) is 18.1 Å². The summed E-state index contributed by atoms with van der Waals surface area (Å²) in [6.45, 7) is 2.41. The molecule has 0 unspecified atom stereocenters. The van der Waals surface area contributed by atoms with Crippen LogP contribution in [-0.2, 0) is 12.8 Å². The molecule has 1 aliphatic heterocycles. The average molecular weight is 298 g/mol. The monoisotopic (exact) mass is 298 g/mol. The minimum Gasteiger partial charge on any atom is -0.493 e. The number of fused-ring (bicyclic) bond motifs is 1. The smallest absolute Gasteiger partial charge is 0.159 e. The van der Waals surface area contributed by atoms with E-state index < -0.39 is 0 Å². The van der Waals surface area contributed by atoms with Crippen LogP contribution in [0.4, 0.5) is 0 Å². The fraction of sp³-hybridized carbons (Fsp3) is 0.278. The number of carbonyl (C=O) groups is 1. The van der Waals surface area contributed by atoms with E-state index >= 15 is 0 Å². The molecule has 1 aliphatic rings. The largest absolute Gasteiger partial charge is 0.493 e. The van der Waals surface area contributed by atoms with Crippen LogP contribution in [0.5, 0.6) is 5.75 Å². The van der Waals surface area contributed by atoms with Gasteiger partial charge >= 0.3 is 0 Å². The Bertz CT molecular complexity index is 647. The van der Waals surface area contributed by atoms with Crippen LogP contribution < -0.4 is 4.74 Å². The van der Waals surface area contributed by atoms with Gasteiger partial charge in [-0.15, -0.1) is 11.8 Å². The van der Waals surface area contributed by atoms with Gasteiger partial charge in [0.1, 0.15) is 5.75 Å². The molecule has 2 aromatic carbocycles. The molecule has 108 valence electrons. The van der Waals surface area contributed by atoms with E-state index in [1.165, 1.54) is 16.0 Å². The highest BCUT2D eigenvalue weighted by Gasteiger charge is 2.11. The molecular weight excluding hydrogens is 280 g/mol. The Balaban J connectivity index is 1.55. The molecule has 0 fully saturated rings. The Morgan fingerprint density at radius 2 is 2.00 bits per heavy atom. The predicted octanol–water partition coefficient (Wildman–Crippen LogP) is 4.16. The van der Waals surface area contributed by atoms with Gasteiger partial charge in [0.15, 0.2) is 5.78 Å². The fourth-order valence-corrected chi connectivity index (χ4v) is 3.37. The lowest BCUT2D eigenvalue weighted by atomic mass is 10.1. The molecule has 0 amide bonds. The quantitative estimate of drug-likeness (QED) is 0.612. The van der Waals surface area contributed by atoms with Crippen LogP contribution >= 0.6 is 11.8 Å². The molecule has 2 nitrogen and oxygen atoms in total. The van der Waals surface area contributed by atoms with Crippen LogP contribution in [0.3, 0.4) is 0 Å². The van der Waals surface area contributed by atoms with Gasteiger partial charge in [-0.2, -0.15) is 0 Å². The number of thioether (sulfide) groups is 1. The van der Waals surface area contributed by atoms with E-state index in [0.717, 1.165) is 36.5 Å². The maximum Gasteiger partial charge on any atom is 0.159 e. The lowest BCUT2D eigenvalue weighted by molar-refractivity contribution is 0.101. The number of ketones is 1. The second-order valence-corrected chi connectivity index (χ2v) is 6.39. The lowest BCUT2D eigenvalue weighted by Crippen LogP contribution is -1.92. The van der Waals surface area contributed by atoms with Gasteiger partial charge in [0, 0.05) is 22.6 Å². The molecule has 0 spiro atoms. The van der Waals surface area contributed by atoms with Gasteiger partial charge in [-0.1, -0.05) is 24.3 Å². The molecule has 0 bridgehead atoms. The van der Waals surface area contributed by atoms with Crippen LogP contribution in [0, 0.1) is 0 Å². The van der Waals surface area contributed by atoms with E-state index in [0.29, 0.717) is 0 Å². The summed E-state index contributed by atoms with van der Waals surface area (Å²) >= 11 is 1.83. The van der Waals surface area contributed by atoms with E-state index in [1.54, 1.807) is 6.92 Å². The standard InChI is InChI=1S/C18H18O2S/c1-13(19)15-3-5-17(6-4-15)21-11-9-14-2-7-18-16(12-14)8-10-20-18/h2-7,12H,8-11H2,1H3. The van der Waals surface area contributed by atoms with E-state index in [4.69, 9.17) is 4.74 Å². The molecule has 0 radical (unpaired) electrons. The van der Waals surface area contributed by atoms with Gasteiger partial charge in [-0.05, 0) is 42.7 Å². The van der Waals surface area contributed by atoms with Crippen molar-refractivity contribution in [1.82, 2.24) is 0 Å². The van der Waals surface area contributed by atoms with Gasteiger partial charge in [-0.3, -0.25) is 4.79 Å². The Morgan fingerprint density at radius 1 is 1.19 bits per heavy atom. The molecule has 0 saturated heterocycles. The summed E-state index contributed by atoms with van der Waals surface area (Å²) < 4.78 is 5.52. The zero-order valence-electron chi connectivity index (χ0n) is 12.1. The van der Waals surface area contributed by atoms with Crippen LogP contribution in [0.15, 0.2) is 47.4 Å². The maximum atomic E-state index is 11.2. The SMILES string of the molecule is CC(=O)c1ccc(SCCc2ccc3c(c2)CCO3)cc1. The Kier molecular flexibility index (Phi) is 4.30. The molecule has 0 saturated carbocycles. The van der Waals surface area contributed by atoms with E-state index in [9.17, 15) is 4.79 Å². The van der Waals surface area contributed by atoms with Crippen molar-refractivity contribution in [3.63, 3.8) is 0 Å². The first kappa shape index (κ1) is 14.2. The Labute approximate surface area is 129 Å².